The molecule has 0 fully saturated rings. The molecular formula is C18H18FOP. The number of allylic oxidation sites excluding steroid dienone is 5. The van der Waals surface area contributed by atoms with E-state index in [0.717, 1.165) is 45.0 Å². The lowest BCUT2D eigenvalue weighted by Gasteiger charge is -2.32. The quantitative estimate of drug-likeness (QED) is 0.739. The van der Waals surface area contributed by atoms with E-state index in [1.165, 1.54) is 11.4 Å². The third-order valence-electron chi connectivity index (χ3n) is 4.37. The maximum Gasteiger partial charge on any atom is 0.127 e. The fraction of sp³-hybridized carbons (Fsp3) is 0.278. The van der Waals surface area contributed by atoms with Gasteiger partial charge >= 0.3 is 0 Å². The van der Waals surface area contributed by atoms with E-state index in [0.29, 0.717) is 0 Å². The molecule has 21 heavy (non-hydrogen) atoms. The van der Waals surface area contributed by atoms with E-state index >= 15 is 0 Å². The molecule has 1 nitrogen and oxygen atoms in total. The van der Waals surface area contributed by atoms with Crippen LogP contribution < -0.4 is 0 Å². The summed E-state index contributed by atoms with van der Waals surface area (Å²) >= 11 is 0. The molecule has 1 aromatic carbocycles. The number of hydrogen-bond acceptors (Lipinski definition) is 1. The van der Waals surface area contributed by atoms with E-state index in [2.05, 4.69) is 12.7 Å². The number of rotatable bonds is 2. The van der Waals surface area contributed by atoms with Crippen LogP contribution >= 0.6 is 8.20 Å². The molecule has 1 unspecified atom stereocenters. The largest absolute Gasteiger partial charge is 0.508 e. The molecule has 0 aromatic heterocycles. The number of halogens is 1. The van der Waals surface area contributed by atoms with Gasteiger partial charge in [0.25, 0.3) is 0 Å². The lowest BCUT2D eigenvalue weighted by molar-refractivity contribution is 0.473. The van der Waals surface area contributed by atoms with Crippen LogP contribution in [0.4, 0.5) is 4.39 Å². The first-order chi connectivity index (χ1) is 10.2. The highest BCUT2D eigenvalue weighted by Crippen LogP contribution is 2.54. The van der Waals surface area contributed by atoms with Crippen molar-refractivity contribution >= 4 is 14.0 Å². The Labute approximate surface area is 126 Å². The second-order valence-corrected chi connectivity index (χ2v) is 6.51. The maximum atomic E-state index is 14.4. The molecule has 0 radical (unpaired) electrons. The highest BCUT2D eigenvalue weighted by Gasteiger charge is 2.43. The number of phenolic OH excluding ortho intramolecular Hbond substituents is 1. The summed E-state index contributed by atoms with van der Waals surface area (Å²) in [4.78, 5) is 0. The van der Waals surface area contributed by atoms with Crippen molar-refractivity contribution in [2.24, 2.45) is 0 Å². The molecule has 0 amide bonds. The first-order valence-corrected chi connectivity index (χ1v) is 8.22. The lowest BCUT2D eigenvalue weighted by atomic mass is 9.71. The van der Waals surface area contributed by atoms with Gasteiger partial charge in [0.05, 0.1) is 5.41 Å². The van der Waals surface area contributed by atoms with Crippen molar-refractivity contribution in [2.75, 3.05) is 0 Å². The van der Waals surface area contributed by atoms with E-state index < -0.39 is 0 Å². The van der Waals surface area contributed by atoms with Gasteiger partial charge in [-0.1, -0.05) is 39.4 Å². The Bertz CT molecular complexity index is 654. The number of fused-ring (bicyclic) bond motifs is 1. The number of hydrogen-bond donors (Lipinski definition) is 1. The van der Waals surface area contributed by atoms with Crippen LogP contribution in [0.5, 0.6) is 5.75 Å². The van der Waals surface area contributed by atoms with Crippen molar-refractivity contribution in [3.8, 4) is 5.75 Å². The van der Waals surface area contributed by atoms with Crippen LogP contribution in [-0.2, 0) is 5.41 Å². The molecule has 1 N–H and O–H groups in total. The molecule has 108 valence electrons. The molecule has 3 rings (SSSR count). The van der Waals surface area contributed by atoms with Gasteiger partial charge in [0.15, 0.2) is 0 Å². The van der Waals surface area contributed by atoms with E-state index in [1.807, 2.05) is 17.9 Å². The van der Waals surface area contributed by atoms with Gasteiger partial charge in [-0.15, -0.1) is 0 Å². The highest BCUT2D eigenvalue weighted by molar-refractivity contribution is 7.45. The van der Waals surface area contributed by atoms with Crippen molar-refractivity contribution in [1.29, 1.82) is 0 Å². The smallest absolute Gasteiger partial charge is 0.127 e. The van der Waals surface area contributed by atoms with Gasteiger partial charge in [-0.3, -0.25) is 0 Å². The van der Waals surface area contributed by atoms with E-state index in [4.69, 9.17) is 0 Å². The summed E-state index contributed by atoms with van der Waals surface area (Å²) in [6.45, 7) is 3.59. The van der Waals surface area contributed by atoms with Crippen molar-refractivity contribution in [1.82, 2.24) is 0 Å². The van der Waals surface area contributed by atoms with Crippen LogP contribution in [-0.4, -0.2) is 10.9 Å². The highest BCUT2D eigenvalue weighted by atomic mass is 31.1. The Morgan fingerprint density at radius 3 is 2.76 bits per heavy atom. The Hall–Kier alpha value is -1.66. The van der Waals surface area contributed by atoms with E-state index in [1.54, 1.807) is 12.1 Å². The summed E-state index contributed by atoms with van der Waals surface area (Å²) in [7, 11) is 1.07. The van der Waals surface area contributed by atoms with Gasteiger partial charge in [-0.2, -0.15) is 0 Å². The molecule has 0 saturated carbocycles. The summed E-state index contributed by atoms with van der Waals surface area (Å²) < 4.78 is 14.4. The summed E-state index contributed by atoms with van der Waals surface area (Å²) in [5.41, 5.74) is 1.41. The van der Waals surface area contributed by atoms with Gasteiger partial charge in [0.1, 0.15) is 11.6 Å². The van der Waals surface area contributed by atoms with Crippen molar-refractivity contribution in [2.45, 2.75) is 31.1 Å². The Kier molecular flexibility index (Phi) is 3.82. The fourth-order valence-corrected chi connectivity index (χ4v) is 4.75. The number of aromatic hydroxyl groups is 1. The summed E-state index contributed by atoms with van der Waals surface area (Å²) in [6.07, 6.45) is 7.74. The predicted octanol–water partition coefficient (Wildman–Crippen LogP) is 5.26. The molecule has 0 bridgehead atoms. The number of phenols is 1. The summed E-state index contributed by atoms with van der Waals surface area (Å²) in [5.74, 6) is 1.98. The van der Waals surface area contributed by atoms with Crippen LogP contribution in [0.1, 0.15) is 31.2 Å². The molecule has 1 aliphatic heterocycles. The maximum absolute atomic E-state index is 14.4. The first-order valence-electron chi connectivity index (χ1n) is 7.25. The third kappa shape index (κ3) is 2.28. The molecule has 1 aromatic rings. The van der Waals surface area contributed by atoms with Gasteiger partial charge < -0.3 is 5.11 Å². The molecule has 1 aliphatic carbocycles. The molecule has 0 saturated heterocycles. The SMILES string of the molecule is C=C/C(F)=C1\C=PC2=CCCCCC21c1ccc(O)cc1. The minimum absolute atomic E-state index is 0.235. The standard InChI is InChI=1S/C18H18FOP/c1-2-16(19)15-12-21-17-6-4-3-5-11-18(15,17)13-7-9-14(20)10-8-13/h2,6-10,12,20H,1,3-5,11H2/b16-15-. The van der Waals surface area contributed by atoms with E-state index in [-0.39, 0.29) is 17.0 Å². The second-order valence-electron chi connectivity index (χ2n) is 5.51. The molecule has 1 atom stereocenters. The molecule has 2 aliphatic rings. The van der Waals surface area contributed by atoms with Gasteiger partial charge in [-0.25, -0.2) is 4.39 Å². The van der Waals surface area contributed by atoms with Gasteiger partial charge in [-0.05, 0) is 54.1 Å². The zero-order valence-electron chi connectivity index (χ0n) is 11.8. The minimum atomic E-state index is -0.385. The Morgan fingerprint density at radius 2 is 2.05 bits per heavy atom. The van der Waals surface area contributed by atoms with Gasteiger partial charge in [0, 0.05) is 5.57 Å². The third-order valence-corrected chi connectivity index (χ3v) is 5.60. The van der Waals surface area contributed by atoms with Gasteiger partial charge in [0.2, 0.25) is 0 Å². The molecule has 0 spiro atoms. The van der Waals surface area contributed by atoms with Crippen LogP contribution in [0, 0.1) is 0 Å². The van der Waals surface area contributed by atoms with Crippen molar-refractivity contribution in [3.63, 3.8) is 0 Å². The fourth-order valence-electron chi connectivity index (χ4n) is 3.32. The average Bonchev–Trinajstić information content (AvgIpc) is 2.73. The van der Waals surface area contributed by atoms with E-state index in [9.17, 15) is 9.50 Å². The van der Waals surface area contributed by atoms with Crippen molar-refractivity contribution < 1.29 is 9.50 Å². The van der Waals surface area contributed by atoms with Crippen LogP contribution in [0.2, 0.25) is 0 Å². The topological polar surface area (TPSA) is 20.2 Å². The van der Waals surface area contributed by atoms with Crippen LogP contribution in [0.3, 0.4) is 0 Å². The molecule has 1 heterocycles. The Morgan fingerprint density at radius 1 is 1.29 bits per heavy atom. The van der Waals surface area contributed by atoms with Crippen molar-refractivity contribution in [3.05, 3.63) is 65.3 Å². The Balaban J connectivity index is 2.24. The zero-order chi connectivity index (χ0) is 14.9. The average molecular weight is 300 g/mol. The molecular weight excluding hydrogens is 282 g/mol. The lowest BCUT2D eigenvalue weighted by Crippen LogP contribution is -2.27. The summed E-state index contributed by atoms with van der Waals surface area (Å²) in [5, 5.41) is 10.8. The monoisotopic (exact) mass is 300 g/mol. The van der Waals surface area contributed by atoms with Crippen LogP contribution in [0.15, 0.2) is 59.7 Å². The minimum Gasteiger partial charge on any atom is -0.508 e. The number of benzene rings is 1. The molecule has 3 heteroatoms. The normalized spacial score (nSPS) is 27.6. The zero-order valence-corrected chi connectivity index (χ0v) is 12.7. The predicted molar refractivity (Wildman–Crippen MR) is 87.7 cm³/mol. The second kappa shape index (κ2) is 5.61. The first kappa shape index (κ1) is 14.3. The summed E-state index contributed by atoms with van der Waals surface area (Å²) in [6, 6.07) is 7.20. The van der Waals surface area contributed by atoms with Crippen LogP contribution in [0.25, 0.3) is 0 Å².